The molecule has 0 aromatic carbocycles. The monoisotopic (exact) mass is 288 g/mol. The van der Waals surface area contributed by atoms with Crippen molar-refractivity contribution >= 4 is 11.7 Å². The number of piperazine rings is 1. The Morgan fingerprint density at radius 3 is 2.62 bits per heavy atom. The van der Waals surface area contributed by atoms with E-state index in [1.54, 1.807) is 18.1 Å². The van der Waals surface area contributed by atoms with Crippen molar-refractivity contribution < 1.29 is 4.79 Å². The first kappa shape index (κ1) is 13.3. The van der Waals surface area contributed by atoms with Gasteiger partial charge in [0.2, 0.25) is 0 Å². The van der Waals surface area contributed by atoms with Crippen molar-refractivity contribution in [2.24, 2.45) is 7.05 Å². The second-order valence-corrected chi connectivity index (χ2v) is 4.93. The first-order valence-corrected chi connectivity index (χ1v) is 6.73. The van der Waals surface area contributed by atoms with E-state index in [-0.39, 0.29) is 11.5 Å². The number of carbonyl (C=O) groups excluding carboxylic acids is 1. The fraction of sp³-hybridized carbons (Fsp3) is 0.385. The van der Waals surface area contributed by atoms with Crippen LogP contribution in [0, 0.1) is 0 Å². The van der Waals surface area contributed by atoms with Crippen LogP contribution in [0.1, 0.15) is 10.5 Å². The lowest BCUT2D eigenvalue weighted by Crippen LogP contribution is -2.49. The average Bonchev–Trinajstić information content (AvgIpc) is 2.86. The van der Waals surface area contributed by atoms with Crippen molar-refractivity contribution in [1.29, 1.82) is 0 Å². The van der Waals surface area contributed by atoms with Gasteiger partial charge in [0.25, 0.3) is 11.5 Å². The topological polar surface area (TPSA) is 87.1 Å². The molecule has 1 amide bonds. The van der Waals surface area contributed by atoms with Gasteiger partial charge in [0.05, 0.1) is 0 Å². The number of nitrogens with one attached hydrogen (secondary N) is 1. The highest BCUT2D eigenvalue weighted by Crippen LogP contribution is 2.13. The number of aromatic nitrogens is 4. The number of aryl methyl sites for hydroxylation is 1. The summed E-state index contributed by atoms with van der Waals surface area (Å²) in [6.07, 6.45) is 1.63. The van der Waals surface area contributed by atoms with Crippen molar-refractivity contribution in [2.45, 2.75) is 0 Å². The van der Waals surface area contributed by atoms with Gasteiger partial charge in [0, 0.05) is 45.5 Å². The maximum Gasteiger partial charge on any atom is 0.272 e. The first-order chi connectivity index (χ1) is 10.1. The molecule has 0 unspecified atom stereocenters. The van der Waals surface area contributed by atoms with Crippen LogP contribution < -0.4 is 10.5 Å². The fourth-order valence-corrected chi connectivity index (χ4v) is 2.45. The SMILES string of the molecule is Cn1[nH]c(=O)cc1C(=O)N1CCN(c2cccnn2)CC1. The molecule has 1 N–H and O–H groups in total. The first-order valence-electron chi connectivity index (χ1n) is 6.73. The van der Waals surface area contributed by atoms with Gasteiger partial charge in [-0.15, -0.1) is 5.10 Å². The Hall–Kier alpha value is -2.64. The van der Waals surface area contributed by atoms with Crippen LogP contribution in [0.3, 0.4) is 0 Å². The van der Waals surface area contributed by atoms with Crippen LogP contribution in [0.2, 0.25) is 0 Å². The average molecular weight is 288 g/mol. The Morgan fingerprint density at radius 2 is 2.05 bits per heavy atom. The molecule has 0 bridgehead atoms. The molecule has 0 atom stereocenters. The molecule has 2 aromatic heterocycles. The van der Waals surface area contributed by atoms with E-state index in [9.17, 15) is 9.59 Å². The predicted molar refractivity (Wildman–Crippen MR) is 76.2 cm³/mol. The molecule has 110 valence electrons. The Balaban J connectivity index is 1.67. The number of carbonyl (C=O) groups is 1. The van der Waals surface area contributed by atoms with Crippen molar-refractivity contribution in [2.75, 3.05) is 31.1 Å². The largest absolute Gasteiger partial charge is 0.352 e. The second kappa shape index (κ2) is 5.39. The van der Waals surface area contributed by atoms with Gasteiger partial charge in [-0.25, -0.2) is 0 Å². The lowest BCUT2D eigenvalue weighted by Gasteiger charge is -2.35. The molecule has 3 rings (SSSR count). The molecule has 2 aromatic rings. The minimum atomic E-state index is -0.265. The Kier molecular flexibility index (Phi) is 3.43. The van der Waals surface area contributed by atoms with Gasteiger partial charge in [-0.3, -0.25) is 19.4 Å². The Labute approximate surface area is 121 Å². The zero-order chi connectivity index (χ0) is 14.8. The molecule has 3 heterocycles. The summed E-state index contributed by atoms with van der Waals surface area (Å²) < 4.78 is 1.46. The quantitative estimate of drug-likeness (QED) is 0.802. The molecule has 8 heteroatoms. The molecular weight excluding hydrogens is 272 g/mol. The standard InChI is InChI=1S/C13H16N6O2/c1-17-10(9-12(20)16-17)13(21)19-7-5-18(6-8-19)11-3-2-4-14-15-11/h2-4,9H,5-8H2,1H3,(H,16,20). The molecular formula is C13H16N6O2. The minimum Gasteiger partial charge on any atom is -0.352 e. The summed E-state index contributed by atoms with van der Waals surface area (Å²) in [6, 6.07) is 5.08. The third-order valence-corrected chi connectivity index (χ3v) is 3.58. The molecule has 1 saturated heterocycles. The predicted octanol–water partition coefficient (Wildman–Crippen LogP) is -0.534. The summed E-state index contributed by atoms with van der Waals surface area (Å²) >= 11 is 0. The number of hydrogen-bond donors (Lipinski definition) is 1. The second-order valence-electron chi connectivity index (χ2n) is 4.93. The third-order valence-electron chi connectivity index (χ3n) is 3.58. The summed E-state index contributed by atoms with van der Waals surface area (Å²) in [5.41, 5.74) is 0.118. The highest BCUT2D eigenvalue weighted by Gasteiger charge is 2.24. The van der Waals surface area contributed by atoms with Crippen molar-refractivity contribution in [3.8, 4) is 0 Å². The molecule has 1 aliphatic rings. The highest BCUT2D eigenvalue weighted by molar-refractivity contribution is 5.92. The normalized spacial score (nSPS) is 15.3. The van der Waals surface area contributed by atoms with E-state index in [1.165, 1.54) is 10.7 Å². The van der Waals surface area contributed by atoms with E-state index in [0.29, 0.717) is 31.9 Å². The molecule has 0 radical (unpaired) electrons. The van der Waals surface area contributed by atoms with Gasteiger partial charge < -0.3 is 9.80 Å². The van der Waals surface area contributed by atoms with Crippen LogP contribution in [0.4, 0.5) is 5.82 Å². The number of anilines is 1. The number of aromatic amines is 1. The van der Waals surface area contributed by atoms with Crippen LogP contribution in [-0.2, 0) is 7.05 Å². The van der Waals surface area contributed by atoms with E-state index in [0.717, 1.165) is 5.82 Å². The lowest BCUT2D eigenvalue weighted by molar-refractivity contribution is 0.0735. The van der Waals surface area contributed by atoms with Crippen LogP contribution in [0.5, 0.6) is 0 Å². The maximum absolute atomic E-state index is 12.4. The molecule has 0 saturated carbocycles. The van der Waals surface area contributed by atoms with Crippen molar-refractivity contribution in [3.05, 3.63) is 40.4 Å². The number of amides is 1. The Bertz CT molecular complexity index is 684. The van der Waals surface area contributed by atoms with E-state index in [1.807, 2.05) is 12.1 Å². The lowest BCUT2D eigenvalue weighted by atomic mass is 10.2. The Morgan fingerprint density at radius 1 is 1.29 bits per heavy atom. The van der Waals surface area contributed by atoms with E-state index in [2.05, 4.69) is 20.2 Å². The van der Waals surface area contributed by atoms with Gasteiger partial charge in [-0.1, -0.05) is 0 Å². The van der Waals surface area contributed by atoms with Gasteiger partial charge in [0.15, 0.2) is 5.82 Å². The molecule has 21 heavy (non-hydrogen) atoms. The summed E-state index contributed by atoms with van der Waals surface area (Å²) in [4.78, 5) is 27.5. The van der Waals surface area contributed by atoms with Crippen LogP contribution in [0.25, 0.3) is 0 Å². The van der Waals surface area contributed by atoms with Crippen LogP contribution in [0.15, 0.2) is 29.2 Å². The molecule has 1 fully saturated rings. The summed E-state index contributed by atoms with van der Waals surface area (Å²) in [5, 5.41) is 10.5. The van der Waals surface area contributed by atoms with Crippen molar-refractivity contribution in [3.63, 3.8) is 0 Å². The highest BCUT2D eigenvalue weighted by atomic mass is 16.2. The third kappa shape index (κ3) is 2.64. The van der Waals surface area contributed by atoms with E-state index < -0.39 is 0 Å². The fourth-order valence-electron chi connectivity index (χ4n) is 2.45. The summed E-state index contributed by atoms with van der Waals surface area (Å²) in [6.45, 7) is 2.58. The van der Waals surface area contributed by atoms with Gasteiger partial charge >= 0.3 is 0 Å². The minimum absolute atomic E-state index is 0.130. The molecule has 0 spiro atoms. The van der Waals surface area contributed by atoms with Crippen LogP contribution in [-0.4, -0.2) is 57.0 Å². The van der Waals surface area contributed by atoms with E-state index >= 15 is 0 Å². The molecule has 0 aliphatic carbocycles. The van der Waals surface area contributed by atoms with E-state index in [4.69, 9.17) is 0 Å². The summed E-state index contributed by atoms with van der Waals surface area (Å²) in [7, 11) is 1.66. The zero-order valence-electron chi connectivity index (χ0n) is 11.7. The molecule has 1 aliphatic heterocycles. The number of rotatable bonds is 2. The number of nitrogens with zero attached hydrogens (tertiary/aromatic N) is 5. The van der Waals surface area contributed by atoms with Gasteiger partial charge in [0.1, 0.15) is 5.69 Å². The maximum atomic E-state index is 12.4. The molecule has 8 nitrogen and oxygen atoms in total. The smallest absolute Gasteiger partial charge is 0.272 e. The summed E-state index contributed by atoms with van der Waals surface area (Å²) in [5.74, 6) is 0.688. The zero-order valence-corrected chi connectivity index (χ0v) is 11.7. The number of H-pyrrole nitrogens is 1. The number of hydrogen-bond acceptors (Lipinski definition) is 5. The van der Waals surface area contributed by atoms with Crippen LogP contribution >= 0.6 is 0 Å². The van der Waals surface area contributed by atoms with Gasteiger partial charge in [-0.2, -0.15) is 5.10 Å². The van der Waals surface area contributed by atoms with Gasteiger partial charge in [-0.05, 0) is 12.1 Å². The van der Waals surface area contributed by atoms with Crippen molar-refractivity contribution in [1.82, 2.24) is 24.9 Å².